The molecule has 1 saturated carbocycles. The van der Waals surface area contributed by atoms with Crippen LogP contribution in [0, 0.1) is 5.92 Å². The van der Waals surface area contributed by atoms with E-state index < -0.39 is 0 Å². The van der Waals surface area contributed by atoms with Gasteiger partial charge in [0.1, 0.15) is 0 Å². The highest BCUT2D eigenvalue weighted by Gasteiger charge is 2.16. The van der Waals surface area contributed by atoms with E-state index in [0.717, 1.165) is 18.0 Å². The first-order chi connectivity index (χ1) is 9.33. The normalized spacial score (nSPS) is 16.5. The van der Waals surface area contributed by atoms with Gasteiger partial charge >= 0.3 is 0 Å². The van der Waals surface area contributed by atoms with Gasteiger partial charge in [-0.05, 0) is 35.8 Å². The molecule has 0 aliphatic heterocycles. The van der Waals surface area contributed by atoms with Gasteiger partial charge in [-0.1, -0.05) is 24.6 Å². The van der Waals surface area contributed by atoms with E-state index in [1.165, 1.54) is 30.2 Å². The largest absolute Gasteiger partial charge is 0.370 e. The number of rotatable bonds is 4. The number of aromatic nitrogens is 1. The quantitative estimate of drug-likeness (QED) is 0.581. The van der Waals surface area contributed by atoms with Crippen LogP contribution in [0.3, 0.4) is 0 Å². The van der Waals surface area contributed by atoms with Gasteiger partial charge in [-0.2, -0.15) is 0 Å². The van der Waals surface area contributed by atoms with Gasteiger partial charge in [-0.15, -0.1) is 0 Å². The number of para-hydroxylation sites is 1. The maximum absolute atomic E-state index is 5.90. The lowest BCUT2D eigenvalue weighted by molar-refractivity contribution is 0.315. The van der Waals surface area contributed by atoms with E-state index in [1.807, 2.05) is 6.20 Å². The van der Waals surface area contributed by atoms with Gasteiger partial charge in [0.15, 0.2) is 5.96 Å². The summed E-state index contributed by atoms with van der Waals surface area (Å²) >= 11 is 0. The van der Waals surface area contributed by atoms with E-state index in [2.05, 4.69) is 39.6 Å². The van der Waals surface area contributed by atoms with Crippen LogP contribution in [0.15, 0.2) is 35.5 Å². The Morgan fingerprint density at radius 2 is 2.26 bits per heavy atom. The first-order valence-corrected chi connectivity index (χ1v) is 6.92. The summed E-state index contributed by atoms with van der Waals surface area (Å²) in [5, 5.41) is 4.43. The molecule has 1 fully saturated rings. The molecule has 19 heavy (non-hydrogen) atoms. The van der Waals surface area contributed by atoms with Crippen molar-refractivity contribution in [1.82, 2.24) is 10.3 Å². The molecule has 1 heterocycles. The molecule has 0 bridgehead atoms. The molecule has 0 amide bonds. The van der Waals surface area contributed by atoms with Gasteiger partial charge in [-0.25, -0.2) is 4.99 Å². The highest BCUT2D eigenvalue weighted by molar-refractivity contribution is 5.83. The van der Waals surface area contributed by atoms with Crippen LogP contribution in [0.1, 0.15) is 24.8 Å². The third kappa shape index (κ3) is 2.72. The van der Waals surface area contributed by atoms with E-state index in [9.17, 15) is 0 Å². The predicted octanol–water partition coefficient (Wildman–Crippen LogP) is 2.37. The molecule has 0 saturated heterocycles. The molecule has 4 nitrogen and oxygen atoms in total. The summed E-state index contributed by atoms with van der Waals surface area (Å²) < 4.78 is 0. The Labute approximate surface area is 113 Å². The molecule has 0 unspecified atom stereocenters. The lowest BCUT2D eigenvalue weighted by atomic mass is 9.85. The van der Waals surface area contributed by atoms with Gasteiger partial charge in [0.25, 0.3) is 0 Å². The summed E-state index contributed by atoms with van der Waals surface area (Å²) in [5.41, 5.74) is 8.22. The Balaban J connectivity index is 1.62. The number of hydrogen-bond donors (Lipinski definition) is 3. The average molecular weight is 256 g/mol. The summed E-state index contributed by atoms with van der Waals surface area (Å²) in [7, 11) is 0. The molecule has 1 aliphatic carbocycles. The fraction of sp³-hybridized carbons (Fsp3) is 0.400. The van der Waals surface area contributed by atoms with Gasteiger partial charge in [0.05, 0.1) is 12.1 Å². The van der Waals surface area contributed by atoms with Crippen molar-refractivity contribution < 1.29 is 0 Å². The minimum absolute atomic E-state index is 0.551. The van der Waals surface area contributed by atoms with E-state index in [1.54, 1.807) is 0 Å². The van der Waals surface area contributed by atoms with E-state index in [0.29, 0.717) is 12.5 Å². The molecule has 0 spiro atoms. The number of aromatic amines is 1. The second kappa shape index (κ2) is 5.34. The van der Waals surface area contributed by atoms with E-state index >= 15 is 0 Å². The number of hydrogen-bond acceptors (Lipinski definition) is 1. The Morgan fingerprint density at radius 1 is 1.37 bits per heavy atom. The summed E-state index contributed by atoms with van der Waals surface area (Å²) in [4.78, 5) is 7.67. The lowest BCUT2D eigenvalue weighted by Crippen LogP contribution is -2.37. The molecule has 1 aliphatic rings. The smallest absolute Gasteiger partial charge is 0.188 e. The Bertz CT molecular complexity index is 581. The molecule has 1 aromatic carbocycles. The number of benzene rings is 1. The maximum atomic E-state index is 5.90. The van der Waals surface area contributed by atoms with Gasteiger partial charge in [-0.3, -0.25) is 0 Å². The Kier molecular flexibility index (Phi) is 3.40. The van der Waals surface area contributed by atoms with Crippen molar-refractivity contribution in [2.24, 2.45) is 16.6 Å². The van der Waals surface area contributed by atoms with Crippen molar-refractivity contribution in [2.45, 2.75) is 25.8 Å². The third-order valence-electron chi connectivity index (χ3n) is 3.89. The van der Waals surface area contributed by atoms with E-state index in [4.69, 9.17) is 5.73 Å². The van der Waals surface area contributed by atoms with Crippen LogP contribution in [0.25, 0.3) is 10.9 Å². The topological polar surface area (TPSA) is 66.2 Å². The van der Waals surface area contributed by atoms with Crippen LogP contribution in [-0.2, 0) is 6.54 Å². The molecular weight excluding hydrogens is 236 g/mol. The zero-order valence-corrected chi connectivity index (χ0v) is 11.0. The first kappa shape index (κ1) is 12.1. The molecule has 2 aromatic rings. The number of nitrogens with zero attached hydrogens (tertiary/aromatic N) is 1. The Morgan fingerprint density at radius 3 is 3.05 bits per heavy atom. The molecule has 1 aromatic heterocycles. The monoisotopic (exact) mass is 256 g/mol. The van der Waals surface area contributed by atoms with Crippen LogP contribution in [0.5, 0.6) is 0 Å². The molecule has 4 N–H and O–H groups in total. The zero-order chi connectivity index (χ0) is 13.1. The molecule has 3 rings (SSSR count). The maximum Gasteiger partial charge on any atom is 0.188 e. The van der Waals surface area contributed by atoms with Crippen LogP contribution >= 0.6 is 0 Å². The second-order valence-corrected chi connectivity index (χ2v) is 5.24. The highest BCUT2D eigenvalue weighted by Crippen LogP contribution is 2.25. The summed E-state index contributed by atoms with van der Waals surface area (Å²) in [6, 6.07) is 8.30. The number of nitrogens with one attached hydrogen (secondary N) is 2. The van der Waals surface area contributed by atoms with Crippen LogP contribution in [0.4, 0.5) is 0 Å². The van der Waals surface area contributed by atoms with Crippen LogP contribution < -0.4 is 11.1 Å². The predicted molar refractivity (Wildman–Crippen MR) is 79.0 cm³/mol. The van der Waals surface area contributed by atoms with Gasteiger partial charge in [0, 0.05) is 12.7 Å². The number of fused-ring (bicyclic) bond motifs is 1. The minimum atomic E-state index is 0.551. The SMILES string of the molecule is NC(=NCc1cccc2cc[nH]c12)NCC1CCC1. The zero-order valence-electron chi connectivity index (χ0n) is 11.0. The van der Waals surface area contributed by atoms with Crippen molar-refractivity contribution in [3.05, 3.63) is 36.0 Å². The number of guanidine groups is 1. The molecule has 0 radical (unpaired) electrons. The van der Waals surface area contributed by atoms with Crippen molar-refractivity contribution in [2.75, 3.05) is 6.54 Å². The first-order valence-electron chi connectivity index (χ1n) is 6.92. The summed E-state index contributed by atoms with van der Waals surface area (Å²) in [5.74, 6) is 1.34. The van der Waals surface area contributed by atoms with Crippen molar-refractivity contribution in [3.63, 3.8) is 0 Å². The van der Waals surface area contributed by atoms with Crippen LogP contribution in [0.2, 0.25) is 0 Å². The standard InChI is InChI=1S/C15H20N4/c16-15(18-9-11-3-1-4-11)19-10-13-6-2-5-12-7-8-17-14(12)13/h2,5-8,11,17H,1,3-4,9-10H2,(H3,16,18,19). The van der Waals surface area contributed by atoms with Crippen LogP contribution in [-0.4, -0.2) is 17.5 Å². The molecule has 0 atom stereocenters. The van der Waals surface area contributed by atoms with Crippen molar-refractivity contribution in [3.8, 4) is 0 Å². The van der Waals surface area contributed by atoms with Gasteiger partial charge < -0.3 is 16.0 Å². The number of aliphatic imine (C=N–C) groups is 1. The number of nitrogens with two attached hydrogens (primary N) is 1. The number of H-pyrrole nitrogens is 1. The fourth-order valence-corrected chi connectivity index (χ4v) is 2.45. The molecule has 100 valence electrons. The molecular formula is C15H20N4. The molecule has 4 heteroatoms. The summed E-state index contributed by atoms with van der Waals surface area (Å²) in [6.07, 6.45) is 5.96. The lowest BCUT2D eigenvalue weighted by Gasteiger charge is -2.25. The van der Waals surface area contributed by atoms with Crippen molar-refractivity contribution in [1.29, 1.82) is 0 Å². The van der Waals surface area contributed by atoms with Crippen molar-refractivity contribution >= 4 is 16.9 Å². The second-order valence-electron chi connectivity index (χ2n) is 5.24. The summed E-state index contributed by atoms with van der Waals surface area (Å²) in [6.45, 7) is 1.57. The fourth-order valence-electron chi connectivity index (χ4n) is 2.45. The van der Waals surface area contributed by atoms with Gasteiger partial charge in [0.2, 0.25) is 0 Å². The van der Waals surface area contributed by atoms with E-state index in [-0.39, 0.29) is 0 Å². The minimum Gasteiger partial charge on any atom is -0.370 e. The Hall–Kier alpha value is -1.97. The third-order valence-corrected chi connectivity index (χ3v) is 3.89. The highest BCUT2D eigenvalue weighted by atomic mass is 15.1. The average Bonchev–Trinajstić information content (AvgIpc) is 2.83.